The molecular weight excluding hydrogens is 238 g/mol. The van der Waals surface area contributed by atoms with Crippen LogP contribution >= 0.6 is 0 Å². The lowest BCUT2D eigenvalue weighted by Gasteiger charge is -2.21. The first-order valence-corrected chi connectivity index (χ1v) is 6.00. The Morgan fingerprint density at radius 2 is 2.06 bits per heavy atom. The Labute approximate surface area is 106 Å². The zero-order valence-corrected chi connectivity index (χ0v) is 10.8. The molecule has 0 radical (unpaired) electrons. The summed E-state index contributed by atoms with van der Waals surface area (Å²) in [6, 6.07) is 3.98. The summed E-state index contributed by atoms with van der Waals surface area (Å²) in [6.45, 7) is 1.36. The fourth-order valence-corrected chi connectivity index (χ4v) is 1.88. The van der Waals surface area contributed by atoms with Crippen LogP contribution in [0.3, 0.4) is 0 Å². The molecule has 0 aliphatic carbocycles. The van der Waals surface area contributed by atoms with E-state index in [1.165, 1.54) is 6.07 Å². The Morgan fingerprint density at radius 1 is 1.33 bits per heavy atom. The van der Waals surface area contributed by atoms with Gasteiger partial charge in [0.2, 0.25) is 0 Å². The first kappa shape index (κ1) is 15.0. The molecule has 1 unspecified atom stereocenters. The lowest BCUT2D eigenvalue weighted by atomic mass is 10.0. The van der Waals surface area contributed by atoms with Gasteiger partial charge in [-0.25, -0.2) is 8.78 Å². The summed E-state index contributed by atoms with van der Waals surface area (Å²) in [7, 11) is 3.60. The number of likely N-dealkylation sites (N-methyl/N-ethyl adjacent to an activating group) is 1. The second kappa shape index (κ2) is 7.41. The van der Waals surface area contributed by atoms with Crippen molar-refractivity contribution in [2.75, 3.05) is 33.8 Å². The monoisotopic (exact) mass is 258 g/mol. The molecule has 0 spiro atoms. The minimum atomic E-state index is -0.823. The Morgan fingerprint density at radius 3 is 2.67 bits per heavy atom. The van der Waals surface area contributed by atoms with E-state index in [0.29, 0.717) is 25.1 Å². The van der Waals surface area contributed by atoms with Gasteiger partial charge in [0, 0.05) is 18.2 Å². The van der Waals surface area contributed by atoms with Gasteiger partial charge in [0.25, 0.3) is 0 Å². The van der Waals surface area contributed by atoms with E-state index >= 15 is 0 Å². The van der Waals surface area contributed by atoms with Crippen LogP contribution in [0.15, 0.2) is 18.2 Å². The maximum absolute atomic E-state index is 13.6. The van der Waals surface area contributed by atoms with E-state index in [4.69, 9.17) is 5.11 Å². The predicted octanol–water partition coefficient (Wildman–Crippen LogP) is 1.54. The zero-order valence-electron chi connectivity index (χ0n) is 10.8. The van der Waals surface area contributed by atoms with Gasteiger partial charge in [0.15, 0.2) is 11.6 Å². The van der Waals surface area contributed by atoms with Crippen molar-refractivity contribution in [3.8, 4) is 0 Å². The highest BCUT2D eigenvalue weighted by Crippen LogP contribution is 2.21. The largest absolute Gasteiger partial charge is 0.395 e. The summed E-state index contributed by atoms with van der Waals surface area (Å²) in [4.78, 5) is 1.95. The van der Waals surface area contributed by atoms with Crippen LogP contribution in [0, 0.1) is 11.6 Å². The molecule has 1 aromatic carbocycles. The fourth-order valence-electron chi connectivity index (χ4n) is 1.88. The minimum absolute atomic E-state index is 0.0923. The molecular formula is C13H20F2N2O. The lowest BCUT2D eigenvalue weighted by molar-refractivity contribution is 0.215. The van der Waals surface area contributed by atoms with Gasteiger partial charge in [-0.15, -0.1) is 0 Å². The molecule has 0 bridgehead atoms. The zero-order chi connectivity index (χ0) is 13.5. The molecule has 5 heteroatoms. The van der Waals surface area contributed by atoms with Gasteiger partial charge in [-0.1, -0.05) is 12.1 Å². The summed E-state index contributed by atoms with van der Waals surface area (Å²) in [5.74, 6) is -1.61. The Balaban J connectivity index is 2.68. The second-order valence-electron chi connectivity index (χ2n) is 4.30. The van der Waals surface area contributed by atoms with Crippen molar-refractivity contribution in [2.45, 2.75) is 12.5 Å². The Hall–Kier alpha value is -1.04. The van der Waals surface area contributed by atoms with Crippen molar-refractivity contribution in [2.24, 2.45) is 0 Å². The molecule has 0 saturated heterocycles. The van der Waals surface area contributed by atoms with Crippen molar-refractivity contribution < 1.29 is 13.9 Å². The first-order chi connectivity index (χ1) is 8.60. The number of nitrogens with one attached hydrogen (secondary N) is 1. The van der Waals surface area contributed by atoms with Gasteiger partial charge in [0.1, 0.15) is 0 Å². The topological polar surface area (TPSA) is 35.5 Å². The number of aliphatic hydroxyl groups excluding tert-OH is 1. The molecule has 18 heavy (non-hydrogen) atoms. The molecule has 1 aromatic rings. The van der Waals surface area contributed by atoms with E-state index in [1.807, 2.05) is 11.9 Å². The standard InChI is InChI=1S/C13H20F2N2O/c1-16-12(6-7-17(2)8-9-18)10-4-3-5-11(14)13(10)15/h3-5,12,16,18H,6-9H2,1-2H3. The molecule has 0 aliphatic heterocycles. The number of benzene rings is 1. The first-order valence-electron chi connectivity index (χ1n) is 6.00. The van der Waals surface area contributed by atoms with Gasteiger partial charge >= 0.3 is 0 Å². The van der Waals surface area contributed by atoms with Crippen LogP contribution in [0.4, 0.5) is 8.78 Å². The van der Waals surface area contributed by atoms with Crippen molar-refractivity contribution in [1.82, 2.24) is 10.2 Å². The van der Waals surface area contributed by atoms with E-state index in [-0.39, 0.29) is 12.6 Å². The third-order valence-corrected chi connectivity index (χ3v) is 2.99. The number of rotatable bonds is 7. The highest BCUT2D eigenvalue weighted by molar-refractivity contribution is 5.22. The van der Waals surface area contributed by atoms with Crippen LogP contribution in [0.2, 0.25) is 0 Å². The Bertz CT molecular complexity index is 374. The fraction of sp³-hybridized carbons (Fsp3) is 0.538. The number of nitrogens with zero attached hydrogens (tertiary/aromatic N) is 1. The van der Waals surface area contributed by atoms with Gasteiger partial charge in [-0.2, -0.15) is 0 Å². The minimum Gasteiger partial charge on any atom is -0.395 e. The summed E-state index contributed by atoms with van der Waals surface area (Å²) in [5, 5.41) is 11.8. The lowest BCUT2D eigenvalue weighted by Crippen LogP contribution is -2.28. The molecule has 0 amide bonds. The maximum Gasteiger partial charge on any atom is 0.163 e. The molecule has 1 atom stereocenters. The predicted molar refractivity (Wildman–Crippen MR) is 67.4 cm³/mol. The molecule has 0 heterocycles. The average molecular weight is 258 g/mol. The van der Waals surface area contributed by atoms with E-state index in [0.717, 1.165) is 6.07 Å². The van der Waals surface area contributed by atoms with E-state index in [9.17, 15) is 8.78 Å². The van der Waals surface area contributed by atoms with Gasteiger partial charge in [-0.3, -0.25) is 0 Å². The number of aliphatic hydroxyl groups is 1. The van der Waals surface area contributed by atoms with Crippen LogP contribution in [0.1, 0.15) is 18.0 Å². The average Bonchev–Trinajstić information content (AvgIpc) is 2.35. The second-order valence-corrected chi connectivity index (χ2v) is 4.30. The van der Waals surface area contributed by atoms with Crippen molar-refractivity contribution in [3.05, 3.63) is 35.4 Å². The molecule has 102 valence electrons. The Kier molecular flexibility index (Phi) is 6.18. The molecule has 0 aromatic heterocycles. The van der Waals surface area contributed by atoms with E-state index in [2.05, 4.69) is 5.32 Å². The normalized spacial score (nSPS) is 13.0. The highest BCUT2D eigenvalue weighted by atomic mass is 19.2. The molecule has 1 rings (SSSR count). The highest BCUT2D eigenvalue weighted by Gasteiger charge is 2.16. The van der Waals surface area contributed by atoms with Crippen LogP contribution < -0.4 is 5.32 Å². The van der Waals surface area contributed by atoms with Gasteiger partial charge < -0.3 is 15.3 Å². The molecule has 2 N–H and O–H groups in total. The van der Waals surface area contributed by atoms with Gasteiger partial charge in [0.05, 0.1) is 6.61 Å². The number of hydrogen-bond donors (Lipinski definition) is 2. The van der Waals surface area contributed by atoms with Crippen LogP contribution in [0.5, 0.6) is 0 Å². The summed E-state index contributed by atoms with van der Waals surface area (Å²) in [5.41, 5.74) is 0.342. The van der Waals surface area contributed by atoms with E-state index in [1.54, 1.807) is 13.1 Å². The third-order valence-electron chi connectivity index (χ3n) is 2.99. The van der Waals surface area contributed by atoms with Crippen LogP contribution in [-0.2, 0) is 0 Å². The summed E-state index contributed by atoms with van der Waals surface area (Å²) >= 11 is 0. The number of halogens is 2. The van der Waals surface area contributed by atoms with Crippen molar-refractivity contribution in [3.63, 3.8) is 0 Å². The molecule has 0 fully saturated rings. The SMILES string of the molecule is CNC(CCN(C)CCO)c1cccc(F)c1F. The molecule has 0 aliphatic rings. The van der Waals surface area contributed by atoms with Gasteiger partial charge in [-0.05, 0) is 33.1 Å². The van der Waals surface area contributed by atoms with Crippen molar-refractivity contribution in [1.29, 1.82) is 0 Å². The van der Waals surface area contributed by atoms with Crippen LogP contribution in [0.25, 0.3) is 0 Å². The van der Waals surface area contributed by atoms with Crippen molar-refractivity contribution >= 4 is 0 Å². The summed E-state index contributed by atoms with van der Waals surface area (Å²) < 4.78 is 26.8. The quantitative estimate of drug-likeness (QED) is 0.778. The summed E-state index contributed by atoms with van der Waals surface area (Å²) in [6.07, 6.45) is 0.646. The van der Waals surface area contributed by atoms with E-state index < -0.39 is 11.6 Å². The smallest absolute Gasteiger partial charge is 0.163 e. The number of hydrogen-bond acceptors (Lipinski definition) is 3. The molecule has 0 saturated carbocycles. The maximum atomic E-state index is 13.6. The molecule has 3 nitrogen and oxygen atoms in total. The third kappa shape index (κ3) is 4.01. The van der Waals surface area contributed by atoms with Crippen LogP contribution in [-0.4, -0.2) is 43.8 Å².